The third-order valence-corrected chi connectivity index (χ3v) is 5.14. The number of rotatable bonds is 3. The highest BCUT2D eigenvalue weighted by molar-refractivity contribution is 5.94. The van der Waals surface area contributed by atoms with E-state index in [0.29, 0.717) is 38.2 Å². The van der Waals surface area contributed by atoms with Gasteiger partial charge < -0.3 is 18.9 Å². The van der Waals surface area contributed by atoms with Gasteiger partial charge in [0.05, 0.1) is 29.3 Å². The standard InChI is InChI=1S/C20H23N5O2/c1-22-6-5-16(13-22)20(27)25-9-7-24(8-10-25)19(26)12-15-3-4-18-17(11-15)21-14-23(18)2/h3-6,11,13-14H,7-10,12H2,1-2H3. The maximum Gasteiger partial charge on any atom is 0.255 e. The van der Waals surface area contributed by atoms with Crippen LogP contribution in [0.1, 0.15) is 15.9 Å². The summed E-state index contributed by atoms with van der Waals surface area (Å²) in [5.41, 5.74) is 3.62. The number of carbonyl (C=O) groups excluding carboxylic acids is 2. The summed E-state index contributed by atoms with van der Waals surface area (Å²) >= 11 is 0. The van der Waals surface area contributed by atoms with E-state index in [2.05, 4.69) is 4.98 Å². The number of benzene rings is 1. The summed E-state index contributed by atoms with van der Waals surface area (Å²) in [6.45, 7) is 2.28. The Hall–Kier alpha value is -3.09. The molecule has 0 aliphatic carbocycles. The van der Waals surface area contributed by atoms with Crippen molar-refractivity contribution in [3.05, 3.63) is 54.1 Å². The molecule has 2 aromatic heterocycles. The van der Waals surface area contributed by atoms with E-state index in [-0.39, 0.29) is 11.8 Å². The molecule has 3 heterocycles. The zero-order valence-corrected chi connectivity index (χ0v) is 15.6. The van der Waals surface area contributed by atoms with E-state index in [1.165, 1.54) is 0 Å². The van der Waals surface area contributed by atoms with Gasteiger partial charge in [-0.05, 0) is 23.8 Å². The van der Waals surface area contributed by atoms with Crippen molar-refractivity contribution in [1.29, 1.82) is 0 Å². The maximum absolute atomic E-state index is 12.7. The van der Waals surface area contributed by atoms with Crippen molar-refractivity contribution in [3.8, 4) is 0 Å². The van der Waals surface area contributed by atoms with Crippen molar-refractivity contribution in [2.24, 2.45) is 14.1 Å². The number of imidazole rings is 1. The molecular weight excluding hydrogens is 342 g/mol. The summed E-state index contributed by atoms with van der Waals surface area (Å²) < 4.78 is 3.83. The molecule has 0 N–H and O–H groups in total. The Balaban J connectivity index is 1.35. The largest absolute Gasteiger partial charge is 0.356 e. The lowest BCUT2D eigenvalue weighted by Gasteiger charge is -2.34. The first kappa shape index (κ1) is 17.3. The minimum Gasteiger partial charge on any atom is -0.356 e. The molecule has 4 rings (SSSR count). The molecule has 3 aromatic rings. The first-order valence-electron chi connectivity index (χ1n) is 9.10. The van der Waals surface area contributed by atoms with Gasteiger partial charge in [-0.3, -0.25) is 9.59 Å². The number of carbonyl (C=O) groups is 2. The Bertz CT molecular complexity index is 995. The summed E-state index contributed by atoms with van der Waals surface area (Å²) in [4.78, 5) is 33.2. The molecule has 0 unspecified atom stereocenters. The molecule has 1 fully saturated rings. The summed E-state index contributed by atoms with van der Waals surface area (Å²) in [6.07, 6.45) is 5.83. The molecule has 140 valence electrons. The van der Waals surface area contributed by atoms with Crippen LogP contribution in [0.15, 0.2) is 43.0 Å². The molecule has 7 heteroatoms. The first-order chi connectivity index (χ1) is 13.0. The van der Waals surface area contributed by atoms with Gasteiger partial charge in [-0.1, -0.05) is 6.07 Å². The van der Waals surface area contributed by atoms with E-state index in [1.807, 2.05) is 69.7 Å². The van der Waals surface area contributed by atoms with Crippen LogP contribution in [0, 0.1) is 0 Å². The summed E-state index contributed by atoms with van der Waals surface area (Å²) in [6, 6.07) is 7.79. The zero-order chi connectivity index (χ0) is 19.0. The van der Waals surface area contributed by atoms with Gasteiger partial charge in [-0.2, -0.15) is 0 Å². The Morgan fingerprint density at radius 1 is 1.04 bits per heavy atom. The molecule has 0 saturated carbocycles. The van der Waals surface area contributed by atoms with Crippen LogP contribution in [0.5, 0.6) is 0 Å². The van der Waals surface area contributed by atoms with Crippen LogP contribution in [0.25, 0.3) is 11.0 Å². The molecule has 0 bridgehead atoms. The third-order valence-electron chi connectivity index (χ3n) is 5.14. The van der Waals surface area contributed by atoms with Crippen LogP contribution < -0.4 is 0 Å². The number of nitrogens with zero attached hydrogens (tertiary/aromatic N) is 5. The van der Waals surface area contributed by atoms with Gasteiger partial charge in [0.25, 0.3) is 5.91 Å². The second-order valence-electron chi connectivity index (χ2n) is 7.09. The molecule has 27 heavy (non-hydrogen) atoms. The SMILES string of the molecule is Cn1ccc(C(=O)N2CCN(C(=O)Cc3ccc4c(c3)ncn4C)CC2)c1. The number of piperazine rings is 1. The number of fused-ring (bicyclic) bond motifs is 1. The number of amides is 2. The molecule has 0 radical (unpaired) electrons. The number of hydrogen-bond acceptors (Lipinski definition) is 3. The Morgan fingerprint density at radius 3 is 2.48 bits per heavy atom. The average molecular weight is 365 g/mol. The zero-order valence-electron chi connectivity index (χ0n) is 15.6. The summed E-state index contributed by atoms with van der Waals surface area (Å²) in [5, 5.41) is 0. The van der Waals surface area contributed by atoms with E-state index in [1.54, 1.807) is 6.33 Å². The maximum atomic E-state index is 12.7. The Morgan fingerprint density at radius 2 is 1.78 bits per heavy atom. The van der Waals surface area contributed by atoms with Crippen LogP contribution in [0.2, 0.25) is 0 Å². The molecule has 2 amide bonds. The van der Waals surface area contributed by atoms with Crippen LogP contribution in [0.3, 0.4) is 0 Å². The van der Waals surface area contributed by atoms with Gasteiger partial charge >= 0.3 is 0 Å². The van der Waals surface area contributed by atoms with E-state index in [4.69, 9.17) is 0 Å². The van der Waals surface area contributed by atoms with Gasteiger partial charge in [-0.25, -0.2) is 4.98 Å². The predicted octanol–water partition coefficient (Wildman–Crippen LogP) is 1.44. The van der Waals surface area contributed by atoms with Gasteiger partial charge in [-0.15, -0.1) is 0 Å². The fourth-order valence-electron chi connectivity index (χ4n) is 3.55. The number of hydrogen-bond donors (Lipinski definition) is 0. The quantitative estimate of drug-likeness (QED) is 0.706. The highest BCUT2D eigenvalue weighted by Gasteiger charge is 2.25. The number of aromatic nitrogens is 3. The van der Waals surface area contributed by atoms with Crippen molar-refractivity contribution in [2.45, 2.75) is 6.42 Å². The van der Waals surface area contributed by atoms with E-state index in [0.717, 1.165) is 16.6 Å². The molecule has 0 atom stereocenters. The van der Waals surface area contributed by atoms with Gasteiger partial charge in [0.15, 0.2) is 0 Å². The Labute approximate surface area is 157 Å². The van der Waals surface area contributed by atoms with Crippen molar-refractivity contribution in [1.82, 2.24) is 23.9 Å². The lowest BCUT2D eigenvalue weighted by Crippen LogP contribution is -2.50. The third kappa shape index (κ3) is 3.45. The van der Waals surface area contributed by atoms with Crippen molar-refractivity contribution in [3.63, 3.8) is 0 Å². The molecule has 1 saturated heterocycles. The van der Waals surface area contributed by atoms with Gasteiger partial charge in [0, 0.05) is 52.7 Å². The second-order valence-corrected chi connectivity index (χ2v) is 7.09. The van der Waals surface area contributed by atoms with E-state index in [9.17, 15) is 9.59 Å². The van der Waals surface area contributed by atoms with Crippen LogP contribution in [-0.2, 0) is 25.3 Å². The van der Waals surface area contributed by atoms with E-state index < -0.39 is 0 Å². The fraction of sp³-hybridized carbons (Fsp3) is 0.350. The van der Waals surface area contributed by atoms with Crippen LogP contribution in [0.4, 0.5) is 0 Å². The summed E-state index contributed by atoms with van der Waals surface area (Å²) in [7, 11) is 3.85. The fourth-order valence-corrected chi connectivity index (χ4v) is 3.55. The minimum atomic E-state index is 0.0308. The smallest absolute Gasteiger partial charge is 0.255 e. The second kappa shape index (κ2) is 6.90. The molecule has 1 aliphatic heterocycles. The van der Waals surface area contributed by atoms with Crippen molar-refractivity contribution < 1.29 is 9.59 Å². The average Bonchev–Trinajstić information content (AvgIpc) is 3.27. The van der Waals surface area contributed by atoms with E-state index >= 15 is 0 Å². The summed E-state index contributed by atoms with van der Waals surface area (Å²) in [5.74, 6) is 0.125. The molecular formula is C20H23N5O2. The van der Waals surface area contributed by atoms with Crippen molar-refractivity contribution in [2.75, 3.05) is 26.2 Å². The topological polar surface area (TPSA) is 63.4 Å². The van der Waals surface area contributed by atoms with Crippen molar-refractivity contribution >= 4 is 22.8 Å². The molecule has 0 spiro atoms. The lowest BCUT2D eigenvalue weighted by molar-refractivity contribution is -0.131. The monoisotopic (exact) mass is 365 g/mol. The predicted molar refractivity (Wildman–Crippen MR) is 102 cm³/mol. The van der Waals surface area contributed by atoms with Gasteiger partial charge in [0.2, 0.25) is 5.91 Å². The van der Waals surface area contributed by atoms with Crippen LogP contribution >= 0.6 is 0 Å². The normalized spacial score (nSPS) is 14.7. The minimum absolute atomic E-state index is 0.0308. The first-order valence-corrected chi connectivity index (χ1v) is 9.10. The molecule has 1 aliphatic rings. The lowest BCUT2D eigenvalue weighted by atomic mass is 10.1. The highest BCUT2D eigenvalue weighted by atomic mass is 16.2. The van der Waals surface area contributed by atoms with Gasteiger partial charge in [0.1, 0.15) is 0 Å². The highest BCUT2D eigenvalue weighted by Crippen LogP contribution is 2.16. The number of aryl methyl sites for hydroxylation is 2. The van der Waals surface area contributed by atoms with Crippen LogP contribution in [-0.4, -0.2) is 61.9 Å². The molecule has 1 aromatic carbocycles. The Kier molecular flexibility index (Phi) is 4.43. The molecule has 7 nitrogen and oxygen atoms in total.